The van der Waals surface area contributed by atoms with Crippen LogP contribution in [0.25, 0.3) is 0 Å². The average Bonchev–Trinajstić information content (AvgIpc) is 2.71. The largest absolute Gasteiger partial charge is 0.369 e. The number of benzene rings is 2. The number of hydrogen-bond donors (Lipinski definition) is 0. The first-order chi connectivity index (χ1) is 13.5. The minimum atomic E-state index is 0.167. The Balaban J connectivity index is 1.89. The molecule has 0 spiro atoms. The molecule has 1 aliphatic rings. The summed E-state index contributed by atoms with van der Waals surface area (Å²) in [5.74, 6) is 0. The molecule has 1 atom stereocenters. The molecule has 1 aliphatic heterocycles. The minimum absolute atomic E-state index is 0.167. The molecular weight excluding hydrogens is 344 g/mol. The quantitative estimate of drug-likeness (QED) is 0.765. The van der Waals surface area contributed by atoms with Gasteiger partial charge in [-0.15, -0.1) is 0 Å². The van der Waals surface area contributed by atoms with Crippen molar-refractivity contribution in [3.05, 3.63) is 59.7 Å². The van der Waals surface area contributed by atoms with Gasteiger partial charge in [-0.1, -0.05) is 20.8 Å². The second kappa shape index (κ2) is 8.36. The number of nitriles is 2. The topological polar surface area (TPSA) is 54.1 Å². The average molecular weight is 373 g/mol. The van der Waals surface area contributed by atoms with Crippen LogP contribution in [0.15, 0.2) is 48.5 Å². The predicted octanol–water partition coefficient (Wildman–Crippen LogP) is 4.95. The van der Waals surface area contributed by atoms with Crippen molar-refractivity contribution in [2.75, 3.05) is 29.4 Å². The van der Waals surface area contributed by atoms with Crippen LogP contribution in [0.2, 0.25) is 0 Å². The summed E-state index contributed by atoms with van der Waals surface area (Å²) in [6.07, 6.45) is 2.20. The Bertz CT molecular complexity index is 869. The van der Waals surface area contributed by atoms with E-state index in [1.165, 1.54) is 11.4 Å². The van der Waals surface area contributed by atoms with Gasteiger partial charge >= 0.3 is 0 Å². The summed E-state index contributed by atoms with van der Waals surface area (Å²) in [7, 11) is 0. The maximum absolute atomic E-state index is 9.10. The number of hydrogen-bond acceptors (Lipinski definition) is 4. The first-order valence-corrected chi connectivity index (χ1v) is 9.97. The molecule has 1 fully saturated rings. The third kappa shape index (κ3) is 4.46. The fourth-order valence-corrected chi connectivity index (χ4v) is 4.22. The van der Waals surface area contributed by atoms with E-state index in [2.05, 4.69) is 67.0 Å². The van der Waals surface area contributed by atoms with Gasteiger partial charge in [0.2, 0.25) is 0 Å². The van der Waals surface area contributed by atoms with Crippen LogP contribution in [0.1, 0.15) is 44.7 Å². The first-order valence-electron chi connectivity index (χ1n) is 9.97. The van der Waals surface area contributed by atoms with E-state index in [-0.39, 0.29) is 5.41 Å². The first kappa shape index (κ1) is 19.8. The lowest BCUT2D eigenvalue weighted by atomic mass is 9.82. The smallest absolute Gasteiger partial charge is 0.0991 e. The predicted molar refractivity (Wildman–Crippen MR) is 114 cm³/mol. The van der Waals surface area contributed by atoms with Gasteiger partial charge in [0.1, 0.15) is 0 Å². The van der Waals surface area contributed by atoms with Gasteiger partial charge in [-0.25, -0.2) is 0 Å². The molecule has 0 N–H and O–H groups in total. The van der Waals surface area contributed by atoms with E-state index in [1.54, 1.807) is 0 Å². The van der Waals surface area contributed by atoms with Gasteiger partial charge in [-0.05, 0) is 66.8 Å². The molecule has 4 heteroatoms. The SMILES string of the molecule is CCC1CC(C)(C)CN(c2ccc(C#N)cc2)CCN1c1ccc(C#N)cc1. The normalized spacial score (nSPS) is 19.2. The molecule has 0 aromatic heterocycles. The molecule has 2 aromatic carbocycles. The van der Waals surface area contributed by atoms with Crippen molar-refractivity contribution < 1.29 is 0 Å². The van der Waals surface area contributed by atoms with Crippen LogP contribution in [0.5, 0.6) is 0 Å². The molecule has 0 aliphatic carbocycles. The van der Waals surface area contributed by atoms with Crippen molar-refractivity contribution in [1.82, 2.24) is 0 Å². The third-order valence-electron chi connectivity index (χ3n) is 5.62. The summed E-state index contributed by atoms with van der Waals surface area (Å²) >= 11 is 0. The van der Waals surface area contributed by atoms with Crippen LogP contribution in [0.3, 0.4) is 0 Å². The van der Waals surface area contributed by atoms with E-state index in [1.807, 2.05) is 24.3 Å². The summed E-state index contributed by atoms with van der Waals surface area (Å²) in [5.41, 5.74) is 3.91. The molecule has 3 rings (SSSR count). The highest BCUT2D eigenvalue weighted by Crippen LogP contribution is 2.33. The van der Waals surface area contributed by atoms with Gasteiger partial charge in [0.15, 0.2) is 0 Å². The standard InChI is InChI=1S/C24H28N4/c1-4-21-15-24(2,3)18-27(22-9-5-19(16-25)6-10-22)13-14-28(21)23-11-7-20(17-26)8-12-23/h5-12,21H,4,13-15,18H2,1-3H3. The molecule has 0 saturated carbocycles. The number of rotatable bonds is 3. The second-order valence-corrected chi connectivity index (χ2v) is 8.36. The third-order valence-corrected chi connectivity index (χ3v) is 5.62. The van der Waals surface area contributed by atoms with E-state index in [4.69, 9.17) is 10.5 Å². The van der Waals surface area contributed by atoms with Crippen molar-refractivity contribution in [3.63, 3.8) is 0 Å². The molecule has 144 valence electrons. The molecule has 4 nitrogen and oxygen atoms in total. The Morgan fingerprint density at radius 1 is 0.893 bits per heavy atom. The lowest BCUT2D eigenvalue weighted by Crippen LogP contribution is -2.49. The highest BCUT2D eigenvalue weighted by molar-refractivity contribution is 5.53. The van der Waals surface area contributed by atoms with E-state index in [9.17, 15) is 0 Å². The minimum Gasteiger partial charge on any atom is -0.369 e. The van der Waals surface area contributed by atoms with Gasteiger partial charge in [0, 0.05) is 37.1 Å². The fourth-order valence-electron chi connectivity index (χ4n) is 4.22. The van der Waals surface area contributed by atoms with Crippen molar-refractivity contribution in [2.45, 2.75) is 39.7 Å². The summed E-state index contributed by atoms with van der Waals surface area (Å²) < 4.78 is 0. The van der Waals surface area contributed by atoms with Crippen LogP contribution < -0.4 is 9.80 Å². The Kier molecular flexibility index (Phi) is 5.90. The van der Waals surface area contributed by atoms with E-state index >= 15 is 0 Å². The summed E-state index contributed by atoms with van der Waals surface area (Å²) in [6, 6.07) is 20.7. The van der Waals surface area contributed by atoms with Gasteiger partial charge in [0.25, 0.3) is 0 Å². The number of anilines is 2. The lowest BCUT2D eigenvalue weighted by molar-refractivity contribution is 0.282. The zero-order valence-electron chi connectivity index (χ0n) is 17.0. The van der Waals surface area contributed by atoms with Crippen LogP contribution in [0, 0.1) is 28.1 Å². The van der Waals surface area contributed by atoms with Crippen molar-refractivity contribution in [2.24, 2.45) is 5.41 Å². The van der Waals surface area contributed by atoms with Gasteiger partial charge in [0.05, 0.1) is 23.3 Å². The molecule has 0 bridgehead atoms. The molecule has 28 heavy (non-hydrogen) atoms. The maximum atomic E-state index is 9.10. The fraction of sp³-hybridized carbons (Fsp3) is 0.417. The highest BCUT2D eigenvalue weighted by atomic mass is 15.2. The molecule has 1 unspecified atom stereocenters. The number of nitrogens with zero attached hydrogens (tertiary/aromatic N) is 4. The van der Waals surface area contributed by atoms with E-state index in [0.717, 1.165) is 32.5 Å². The molecular formula is C24H28N4. The molecule has 1 saturated heterocycles. The summed E-state index contributed by atoms with van der Waals surface area (Å²) in [6.45, 7) is 9.80. The Morgan fingerprint density at radius 3 is 1.93 bits per heavy atom. The Morgan fingerprint density at radius 2 is 1.43 bits per heavy atom. The zero-order chi connectivity index (χ0) is 20.1. The lowest BCUT2D eigenvalue weighted by Gasteiger charge is -2.45. The van der Waals surface area contributed by atoms with Gasteiger partial charge in [-0.2, -0.15) is 10.5 Å². The Hall–Kier alpha value is -2.98. The van der Waals surface area contributed by atoms with E-state index < -0.39 is 0 Å². The van der Waals surface area contributed by atoms with Gasteiger partial charge < -0.3 is 9.80 Å². The molecule has 1 heterocycles. The monoisotopic (exact) mass is 372 g/mol. The summed E-state index contributed by atoms with van der Waals surface area (Å²) in [4.78, 5) is 4.93. The molecule has 2 aromatic rings. The summed E-state index contributed by atoms with van der Waals surface area (Å²) in [5, 5.41) is 18.2. The van der Waals surface area contributed by atoms with Crippen LogP contribution in [0.4, 0.5) is 11.4 Å². The van der Waals surface area contributed by atoms with Gasteiger partial charge in [-0.3, -0.25) is 0 Å². The van der Waals surface area contributed by atoms with Crippen molar-refractivity contribution in [1.29, 1.82) is 10.5 Å². The van der Waals surface area contributed by atoms with Crippen LogP contribution in [-0.4, -0.2) is 25.7 Å². The maximum Gasteiger partial charge on any atom is 0.0991 e. The van der Waals surface area contributed by atoms with Crippen molar-refractivity contribution in [3.8, 4) is 12.1 Å². The van der Waals surface area contributed by atoms with E-state index in [0.29, 0.717) is 17.2 Å². The van der Waals surface area contributed by atoms with Crippen LogP contribution >= 0.6 is 0 Å². The second-order valence-electron chi connectivity index (χ2n) is 8.36. The zero-order valence-corrected chi connectivity index (χ0v) is 17.0. The van der Waals surface area contributed by atoms with Crippen LogP contribution in [-0.2, 0) is 0 Å². The molecule has 0 radical (unpaired) electrons. The Labute approximate surface area is 168 Å². The van der Waals surface area contributed by atoms with Crippen molar-refractivity contribution >= 4 is 11.4 Å². The highest BCUT2D eigenvalue weighted by Gasteiger charge is 2.31. The molecule has 0 amide bonds.